The average molecular weight is 299 g/mol. The maximum absolute atomic E-state index is 12.2. The number of urea groups is 1. The van der Waals surface area contributed by atoms with Gasteiger partial charge in [0.1, 0.15) is 5.54 Å². The van der Waals surface area contributed by atoms with Crippen molar-refractivity contribution in [3.63, 3.8) is 0 Å². The van der Waals surface area contributed by atoms with E-state index >= 15 is 0 Å². The van der Waals surface area contributed by atoms with Crippen LogP contribution in [0.5, 0.6) is 0 Å². The van der Waals surface area contributed by atoms with Crippen LogP contribution in [-0.4, -0.2) is 65.5 Å². The van der Waals surface area contributed by atoms with Gasteiger partial charge < -0.3 is 20.2 Å². The molecule has 1 atom stereocenters. The smallest absolute Gasteiger partial charge is 0.329 e. The van der Waals surface area contributed by atoms with Crippen molar-refractivity contribution in [1.82, 2.24) is 15.1 Å². The summed E-state index contributed by atoms with van der Waals surface area (Å²) in [6.07, 6.45) is 2.54. The van der Waals surface area contributed by atoms with Crippen LogP contribution in [-0.2, 0) is 9.59 Å². The van der Waals surface area contributed by atoms with Crippen LogP contribution in [0.3, 0.4) is 0 Å². The predicted molar refractivity (Wildman–Crippen MR) is 77.9 cm³/mol. The number of amides is 3. The van der Waals surface area contributed by atoms with Crippen LogP contribution in [0.4, 0.5) is 4.79 Å². The minimum absolute atomic E-state index is 0.0743. The molecule has 3 amide bonds. The van der Waals surface area contributed by atoms with Crippen molar-refractivity contribution < 1.29 is 19.5 Å². The zero-order chi connectivity index (χ0) is 16.0. The van der Waals surface area contributed by atoms with Gasteiger partial charge in [0.05, 0.1) is 0 Å². The van der Waals surface area contributed by atoms with E-state index < -0.39 is 17.5 Å². The maximum Gasteiger partial charge on any atom is 0.329 e. The second kappa shape index (κ2) is 7.28. The normalized spacial score (nSPS) is 21.2. The van der Waals surface area contributed by atoms with Crippen LogP contribution in [0, 0.1) is 0 Å². The summed E-state index contributed by atoms with van der Waals surface area (Å²) in [5.74, 6) is -1.02. The molecule has 2 N–H and O–H groups in total. The lowest BCUT2D eigenvalue weighted by Crippen LogP contribution is -2.56. The van der Waals surface area contributed by atoms with Crippen molar-refractivity contribution in [3.05, 3.63) is 0 Å². The summed E-state index contributed by atoms with van der Waals surface area (Å²) in [5, 5.41) is 12.2. The first kappa shape index (κ1) is 17.3. The second-order valence-corrected chi connectivity index (χ2v) is 5.61. The van der Waals surface area contributed by atoms with Gasteiger partial charge in [0.25, 0.3) is 0 Å². The number of carbonyl (C=O) groups excluding carboxylic acids is 2. The van der Waals surface area contributed by atoms with Crippen LogP contribution in [0.1, 0.15) is 39.0 Å². The predicted octanol–water partition coefficient (Wildman–Crippen LogP) is 0.894. The highest BCUT2D eigenvalue weighted by atomic mass is 16.4. The van der Waals surface area contributed by atoms with E-state index in [1.54, 1.807) is 14.1 Å². The van der Waals surface area contributed by atoms with Crippen molar-refractivity contribution in [1.29, 1.82) is 0 Å². The van der Waals surface area contributed by atoms with Gasteiger partial charge in [-0.3, -0.25) is 4.79 Å². The van der Waals surface area contributed by atoms with E-state index in [1.807, 2.05) is 6.92 Å². The zero-order valence-electron chi connectivity index (χ0n) is 13.0. The molecule has 0 aliphatic carbocycles. The third-order valence-electron chi connectivity index (χ3n) is 3.91. The summed E-state index contributed by atoms with van der Waals surface area (Å²) in [6.45, 7) is 2.57. The SMILES string of the molecule is CCCC1(C(=O)O)CCCN1C(=O)NCCC(=O)N(C)C. The molecule has 1 rings (SSSR count). The Morgan fingerprint density at radius 1 is 1.33 bits per heavy atom. The van der Waals surface area contributed by atoms with Gasteiger partial charge in [0, 0.05) is 33.6 Å². The summed E-state index contributed by atoms with van der Waals surface area (Å²) < 4.78 is 0. The van der Waals surface area contributed by atoms with Gasteiger partial charge in [-0.05, 0) is 19.3 Å². The number of nitrogens with one attached hydrogen (secondary N) is 1. The molecule has 0 aromatic heterocycles. The van der Waals surface area contributed by atoms with Crippen molar-refractivity contribution in [3.8, 4) is 0 Å². The van der Waals surface area contributed by atoms with E-state index in [0.29, 0.717) is 32.2 Å². The van der Waals surface area contributed by atoms with E-state index in [2.05, 4.69) is 5.32 Å². The lowest BCUT2D eigenvalue weighted by Gasteiger charge is -2.34. The molecule has 1 heterocycles. The molecule has 1 unspecified atom stereocenters. The van der Waals surface area contributed by atoms with Gasteiger partial charge in [-0.1, -0.05) is 13.3 Å². The Balaban J connectivity index is 2.63. The minimum Gasteiger partial charge on any atom is -0.479 e. The number of hydrogen-bond donors (Lipinski definition) is 2. The minimum atomic E-state index is -1.09. The molecule has 1 aliphatic heterocycles. The Labute approximate surface area is 125 Å². The van der Waals surface area contributed by atoms with Crippen molar-refractivity contribution in [2.24, 2.45) is 0 Å². The van der Waals surface area contributed by atoms with Gasteiger partial charge in [-0.2, -0.15) is 0 Å². The molecule has 1 saturated heterocycles. The van der Waals surface area contributed by atoms with Gasteiger partial charge in [-0.15, -0.1) is 0 Å². The summed E-state index contributed by atoms with van der Waals surface area (Å²) >= 11 is 0. The topological polar surface area (TPSA) is 90.0 Å². The Hall–Kier alpha value is -1.79. The molecular weight excluding hydrogens is 274 g/mol. The van der Waals surface area contributed by atoms with E-state index in [4.69, 9.17) is 0 Å². The highest BCUT2D eigenvalue weighted by molar-refractivity contribution is 5.87. The molecule has 0 aromatic carbocycles. The van der Waals surface area contributed by atoms with Crippen LogP contribution in [0.15, 0.2) is 0 Å². The highest BCUT2D eigenvalue weighted by Gasteiger charge is 2.49. The number of hydrogen-bond acceptors (Lipinski definition) is 3. The number of carboxylic acids is 1. The average Bonchev–Trinajstić information content (AvgIpc) is 2.83. The Morgan fingerprint density at radius 2 is 2.00 bits per heavy atom. The number of nitrogens with zero attached hydrogens (tertiary/aromatic N) is 2. The Kier molecular flexibility index (Phi) is 5.99. The molecule has 120 valence electrons. The number of likely N-dealkylation sites (tertiary alicyclic amines) is 1. The number of rotatable bonds is 6. The summed E-state index contributed by atoms with van der Waals surface area (Å²) in [5.41, 5.74) is -1.09. The highest BCUT2D eigenvalue weighted by Crippen LogP contribution is 2.33. The molecule has 0 radical (unpaired) electrons. The first-order valence-corrected chi connectivity index (χ1v) is 7.34. The standard InChI is InChI=1S/C14H25N3O4/c1-4-7-14(12(19)20)8-5-10-17(14)13(21)15-9-6-11(18)16(2)3/h4-10H2,1-3H3,(H,15,21)(H,19,20). The fourth-order valence-corrected chi connectivity index (χ4v) is 2.77. The maximum atomic E-state index is 12.2. The van der Waals surface area contributed by atoms with Crippen LogP contribution in [0.25, 0.3) is 0 Å². The third kappa shape index (κ3) is 3.86. The summed E-state index contributed by atoms with van der Waals surface area (Å²) in [6, 6.07) is -0.394. The van der Waals surface area contributed by atoms with Crippen molar-refractivity contribution in [2.75, 3.05) is 27.2 Å². The van der Waals surface area contributed by atoms with Gasteiger partial charge >= 0.3 is 12.0 Å². The second-order valence-electron chi connectivity index (χ2n) is 5.61. The Morgan fingerprint density at radius 3 is 2.52 bits per heavy atom. The quantitative estimate of drug-likeness (QED) is 0.762. The van der Waals surface area contributed by atoms with Gasteiger partial charge in [0.15, 0.2) is 0 Å². The lowest BCUT2D eigenvalue weighted by molar-refractivity contribution is -0.148. The van der Waals surface area contributed by atoms with Crippen molar-refractivity contribution in [2.45, 2.75) is 44.6 Å². The largest absolute Gasteiger partial charge is 0.479 e. The molecule has 21 heavy (non-hydrogen) atoms. The van der Waals surface area contributed by atoms with E-state index in [-0.39, 0.29) is 18.9 Å². The molecular formula is C14H25N3O4. The first-order chi connectivity index (χ1) is 9.85. The van der Waals surface area contributed by atoms with Gasteiger partial charge in [0.2, 0.25) is 5.91 Å². The third-order valence-corrected chi connectivity index (χ3v) is 3.91. The van der Waals surface area contributed by atoms with Gasteiger partial charge in [-0.25, -0.2) is 9.59 Å². The summed E-state index contributed by atoms with van der Waals surface area (Å²) in [4.78, 5) is 38.2. The number of aliphatic carboxylic acids is 1. The van der Waals surface area contributed by atoms with Crippen LogP contribution in [0.2, 0.25) is 0 Å². The number of carbonyl (C=O) groups is 3. The van der Waals surface area contributed by atoms with Crippen molar-refractivity contribution >= 4 is 17.9 Å². The molecule has 0 aromatic rings. The molecule has 1 aliphatic rings. The first-order valence-electron chi connectivity index (χ1n) is 7.34. The molecule has 1 fully saturated rings. The fourth-order valence-electron chi connectivity index (χ4n) is 2.77. The fraction of sp³-hybridized carbons (Fsp3) is 0.786. The van der Waals surface area contributed by atoms with E-state index in [9.17, 15) is 19.5 Å². The zero-order valence-corrected chi connectivity index (χ0v) is 13.0. The molecule has 0 saturated carbocycles. The van der Waals surface area contributed by atoms with Crippen LogP contribution >= 0.6 is 0 Å². The lowest BCUT2D eigenvalue weighted by atomic mass is 9.91. The number of carboxylic acid groups (broad SMARTS) is 1. The Bertz CT molecular complexity index is 411. The monoisotopic (exact) mass is 299 g/mol. The molecule has 7 nitrogen and oxygen atoms in total. The molecule has 0 bridgehead atoms. The van der Waals surface area contributed by atoms with E-state index in [0.717, 1.165) is 0 Å². The van der Waals surface area contributed by atoms with E-state index in [1.165, 1.54) is 9.80 Å². The molecule has 0 spiro atoms. The van der Waals surface area contributed by atoms with Crippen LogP contribution < -0.4 is 5.32 Å². The summed E-state index contributed by atoms with van der Waals surface area (Å²) in [7, 11) is 3.31. The molecule has 7 heteroatoms.